The molecule has 14 atom stereocenters. The van der Waals surface area contributed by atoms with Gasteiger partial charge in [-0.05, 0) is 143 Å². The molecule has 0 bridgehead atoms. The number of carbonyl (C=O) groups is 17. The number of carboxylic acids is 4. The molecule has 628 valence electrons. The van der Waals surface area contributed by atoms with Crippen LogP contribution in [0.4, 0.5) is 0 Å². The van der Waals surface area contributed by atoms with E-state index in [1.165, 1.54) is 62.1 Å². The van der Waals surface area contributed by atoms with E-state index in [0.717, 1.165) is 0 Å². The summed E-state index contributed by atoms with van der Waals surface area (Å²) in [6.45, 7) is 8.49. The molecule has 40 nitrogen and oxygen atoms in total. The Morgan fingerprint density at radius 3 is 1.29 bits per heavy atom. The van der Waals surface area contributed by atoms with Gasteiger partial charge in [0.15, 0.2) is 0 Å². The van der Waals surface area contributed by atoms with Gasteiger partial charge >= 0.3 is 23.9 Å². The van der Waals surface area contributed by atoms with Crippen molar-refractivity contribution in [2.75, 3.05) is 26.2 Å². The molecule has 2 aromatic carbocycles. The monoisotopic (exact) mass is 1600 g/mol. The Labute approximate surface area is 652 Å². The van der Waals surface area contributed by atoms with Crippen LogP contribution in [0.1, 0.15) is 155 Å². The highest BCUT2D eigenvalue weighted by Gasteiger charge is 2.41. The van der Waals surface area contributed by atoms with Crippen LogP contribution >= 0.6 is 0 Å². The molecule has 2 aromatic rings. The van der Waals surface area contributed by atoms with E-state index >= 15 is 0 Å². The zero-order valence-electron chi connectivity index (χ0n) is 64.2. The van der Waals surface area contributed by atoms with Crippen LogP contribution in [-0.4, -0.2) is 246 Å². The maximum absolute atomic E-state index is 14.6. The molecular formula is C73H112N16O24. The van der Waals surface area contributed by atoms with Gasteiger partial charge in [0, 0.05) is 25.8 Å². The summed E-state index contributed by atoms with van der Waals surface area (Å²) in [6.07, 6.45) is -4.25. The third-order valence-electron chi connectivity index (χ3n) is 18.5. The molecule has 40 heteroatoms. The first-order valence-electron chi connectivity index (χ1n) is 37.4. The van der Waals surface area contributed by atoms with Gasteiger partial charge in [0.1, 0.15) is 84.0 Å². The van der Waals surface area contributed by atoms with Crippen molar-refractivity contribution in [2.24, 2.45) is 40.7 Å². The molecule has 113 heavy (non-hydrogen) atoms. The highest BCUT2D eigenvalue weighted by atomic mass is 16.4. The fraction of sp³-hybridized carbons (Fsp3) is 0.603. The molecule has 0 aliphatic carbocycles. The molecule has 0 saturated carbocycles. The first-order chi connectivity index (χ1) is 53.2. The largest absolute Gasteiger partial charge is 0.508 e. The van der Waals surface area contributed by atoms with Gasteiger partial charge in [0.05, 0.1) is 25.5 Å². The van der Waals surface area contributed by atoms with E-state index < -0.39 is 249 Å². The van der Waals surface area contributed by atoms with E-state index in [9.17, 15) is 117 Å². The van der Waals surface area contributed by atoms with Crippen LogP contribution in [0.3, 0.4) is 0 Å². The Kier molecular flexibility index (Phi) is 41.3. The minimum atomic E-state index is -1.95. The number of nitrogens with zero attached hydrogens (tertiary/aromatic N) is 1. The van der Waals surface area contributed by atoms with E-state index in [-0.39, 0.29) is 101 Å². The smallest absolute Gasteiger partial charge is 0.326 e. The molecule has 3 rings (SSSR count). The quantitative estimate of drug-likeness (QED) is 0.0279. The van der Waals surface area contributed by atoms with E-state index in [1.807, 2.05) is 0 Å². The molecule has 0 radical (unpaired) electrons. The summed E-state index contributed by atoms with van der Waals surface area (Å²) < 4.78 is 0. The molecule has 13 amide bonds. The van der Waals surface area contributed by atoms with E-state index in [1.54, 1.807) is 32.9 Å². The molecule has 1 aliphatic heterocycles. The molecule has 1 saturated heterocycles. The van der Waals surface area contributed by atoms with E-state index in [4.69, 9.17) is 22.9 Å². The lowest BCUT2D eigenvalue weighted by atomic mass is 9.96. The molecular weight excluding hydrogens is 1480 g/mol. The number of unbranched alkanes of at least 4 members (excludes halogenated alkanes) is 2. The van der Waals surface area contributed by atoms with Crippen molar-refractivity contribution < 1.29 is 117 Å². The number of benzene rings is 2. The first kappa shape index (κ1) is 96.1. The van der Waals surface area contributed by atoms with Crippen molar-refractivity contribution in [1.29, 1.82) is 0 Å². The standard InChI is InChI=1S/C73H112N16O24/c1-7-39(6)60(88-64(103)48(25-27-57(96)97)80-69(108)53(36-90)86-65(104)49(31-37(2)3)82-67(106)52(35-58(98)99)85-70(109)54-15-12-30-89(54)72(111)44(76)32-40-16-20-42(91)21-17-40)71(110)81-46(14-9-11-29-75)62(101)78-45(13-8-10-28-74)61(100)79-47(24-26-56(94)95)63(102)83-50(33-41-18-22-43(92)23-19-41)66(105)84-51(34-55(77)93)68(107)87-59(38(4)5)73(112)113/h16-23,37-39,44-54,59-60,90-92H,7-15,24-36,74-76H2,1-6H3,(H2,77,93)(H,78,101)(H,79,100)(H,80,108)(H,81,110)(H,82,106)(H,83,102)(H,84,105)(H,85,109)(H,86,104)(H,87,107)(H,88,103)(H,94,95)(H,96,97)(H,98,99)(H,112,113)/t39-,44-,45-,46-,47-,48-,49-,50-,51-,52-,53-,54-,59-,60-/m0/s1. The second-order valence-electron chi connectivity index (χ2n) is 28.5. The number of carboxylic acid groups (broad SMARTS) is 4. The van der Waals surface area contributed by atoms with Crippen LogP contribution in [0.2, 0.25) is 0 Å². The second kappa shape index (κ2) is 48.6. The molecule has 0 spiro atoms. The fourth-order valence-corrected chi connectivity index (χ4v) is 12.0. The minimum absolute atomic E-state index is 0.0162. The summed E-state index contributed by atoms with van der Waals surface area (Å²) in [5, 5.41) is 95.8. The summed E-state index contributed by atoms with van der Waals surface area (Å²) in [4.78, 5) is 232. The zero-order valence-corrected chi connectivity index (χ0v) is 64.2. The number of nitrogens with two attached hydrogens (primary N) is 4. The summed E-state index contributed by atoms with van der Waals surface area (Å²) >= 11 is 0. The highest BCUT2D eigenvalue weighted by Crippen LogP contribution is 2.22. The van der Waals surface area contributed by atoms with Crippen molar-refractivity contribution in [3.8, 4) is 11.5 Å². The van der Waals surface area contributed by atoms with Gasteiger partial charge in [-0.3, -0.25) is 76.7 Å². The Morgan fingerprint density at radius 2 is 0.850 bits per heavy atom. The van der Waals surface area contributed by atoms with Crippen LogP contribution in [0, 0.1) is 17.8 Å². The van der Waals surface area contributed by atoms with Crippen molar-refractivity contribution >= 4 is 101 Å². The van der Waals surface area contributed by atoms with Gasteiger partial charge in [0.25, 0.3) is 0 Å². The van der Waals surface area contributed by atoms with Gasteiger partial charge in [-0.15, -0.1) is 0 Å². The molecule has 26 N–H and O–H groups in total. The van der Waals surface area contributed by atoms with Gasteiger partial charge in [-0.25, -0.2) is 4.79 Å². The third kappa shape index (κ3) is 33.8. The predicted octanol–water partition coefficient (Wildman–Crippen LogP) is -4.30. The predicted molar refractivity (Wildman–Crippen MR) is 402 cm³/mol. The van der Waals surface area contributed by atoms with Gasteiger partial charge in [-0.2, -0.15) is 0 Å². The van der Waals surface area contributed by atoms with Crippen LogP contribution in [0.5, 0.6) is 11.5 Å². The van der Waals surface area contributed by atoms with Gasteiger partial charge < -0.3 is 122 Å². The van der Waals surface area contributed by atoms with Crippen LogP contribution in [0.25, 0.3) is 0 Å². The van der Waals surface area contributed by atoms with Crippen LogP contribution in [-0.2, 0) is 94.3 Å². The second-order valence-corrected chi connectivity index (χ2v) is 28.5. The number of phenols is 2. The van der Waals surface area contributed by atoms with Crippen LogP contribution < -0.4 is 81.4 Å². The normalized spacial score (nSPS) is 16.0. The highest BCUT2D eigenvalue weighted by molar-refractivity contribution is 6.01. The average molecular weight is 1600 g/mol. The molecule has 0 aromatic heterocycles. The number of likely N-dealkylation sites (tertiary alicyclic amines) is 1. The number of nitrogens with one attached hydrogen (secondary N) is 11. The topological polar surface area (TPSA) is 671 Å². The minimum Gasteiger partial charge on any atom is -0.508 e. The third-order valence-corrected chi connectivity index (χ3v) is 18.5. The lowest BCUT2D eigenvalue weighted by molar-refractivity contribution is -0.144. The molecule has 1 fully saturated rings. The summed E-state index contributed by atoms with van der Waals surface area (Å²) in [7, 11) is 0. The maximum Gasteiger partial charge on any atom is 0.326 e. The Hall–Kier alpha value is -11.1. The maximum atomic E-state index is 14.6. The molecule has 1 heterocycles. The SMILES string of the molecule is CC[C@H](C)[C@H](NC(=O)[C@H](CCC(=O)O)NC(=O)[C@H](CO)NC(=O)[C@H](CC(C)C)NC(=O)[C@H](CC(=O)O)NC(=O)[C@@H]1CCCN1C(=O)[C@@H](N)Cc1ccc(O)cc1)C(=O)N[C@@H](CCCCN)C(=O)N[C@@H](CCCCN)C(=O)N[C@@H](CCC(=O)O)C(=O)N[C@@H](Cc1ccc(O)cc1)C(=O)N[C@@H](CC(N)=O)C(=O)N[C@H](C(=O)O)C(C)C. The fourth-order valence-electron chi connectivity index (χ4n) is 12.0. The van der Waals surface area contributed by atoms with E-state index in [2.05, 4.69) is 58.5 Å². The van der Waals surface area contributed by atoms with E-state index in [0.29, 0.717) is 12.0 Å². The number of carbonyl (C=O) groups excluding carboxylic acids is 13. The lowest BCUT2D eigenvalue weighted by Crippen LogP contribution is -2.62. The number of aliphatic hydroxyl groups excluding tert-OH is 1. The number of hydrogen-bond acceptors (Lipinski definition) is 23. The van der Waals surface area contributed by atoms with Gasteiger partial charge in [0.2, 0.25) is 76.8 Å². The lowest BCUT2D eigenvalue weighted by Gasteiger charge is -2.30. The summed E-state index contributed by atoms with van der Waals surface area (Å²) in [5.74, 6) is -22.1. The number of aliphatic hydroxyl groups is 1. The number of amides is 13. The van der Waals surface area contributed by atoms with Crippen LogP contribution in [0.15, 0.2) is 48.5 Å². The number of hydrogen-bond donors (Lipinski definition) is 22. The number of aromatic hydroxyl groups is 2. The Morgan fingerprint density at radius 1 is 0.460 bits per heavy atom. The number of primary amides is 1. The number of aliphatic carboxylic acids is 4. The summed E-state index contributed by atoms with van der Waals surface area (Å²) in [6, 6.07) is -10.0. The first-order valence-corrected chi connectivity index (χ1v) is 37.4. The summed E-state index contributed by atoms with van der Waals surface area (Å²) in [5.41, 5.74) is 24.2. The Balaban J connectivity index is 1.93. The Bertz CT molecular complexity index is 3610. The average Bonchev–Trinajstić information content (AvgIpc) is 1.67. The van der Waals surface area contributed by atoms with Crippen molar-refractivity contribution in [1.82, 2.24) is 63.4 Å². The van der Waals surface area contributed by atoms with Gasteiger partial charge in [-0.1, -0.05) is 72.2 Å². The number of phenolic OH excluding ortho intramolecular Hbond substituents is 2. The van der Waals surface area contributed by atoms with Crippen molar-refractivity contribution in [3.05, 3.63) is 59.7 Å². The number of rotatable bonds is 52. The van der Waals surface area contributed by atoms with Crippen molar-refractivity contribution in [2.45, 2.75) is 236 Å². The zero-order chi connectivity index (χ0) is 84.9. The molecule has 1 aliphatic rings. The molecule has 0 unspecified atom stereocenters. The van der Waals surface area contributed by atoms with Crippen molar-refractivity contribution in [3.63, 3.8) is 0 Å².